The number of hydrogen-bond donors (Lipinski definition) is 1. The number of para-hydroxylation sites is 1. The third-order valence-corrected chi connectivity index (χ3v) is 3.66. The summed E-state index contributed by atoms with van der Waals surface area (Å²) < 4.78 is 0. The molecule has 0 saturated carbocycles. The van der Waals surface area contributed by atoms with Gasteiger partial charge in [0.1, 0.15) is 0 Å². The lowest BCUT2D eigenvalue weighted by Gasteiger charge is -2.13. The molecule has 0 aliphatic heterocycles. The van der Waals surface area contributed by atoms with Crippen molar-refractivity contribution in [2.45, 2.75) is 32.6 Å². The standard InChI is InChI=1S/C18H21NO/c1-3-14(4-2)15-10-12-16(13-11-15)18(20)19-17-8-6-5-7-9-17/h5-14H,3-4H2,1-2H3,(H,19,20). The second kappa shape index (κ2) is 6.90. The Labute approximate surface area is 120 Å². The average Bonchev–Trinajstić information content (AvgIpc) is 2.50. The van der Waals surface area contributed by atoms with Crippen molar-refractivity contribution < 1.29 is 4.79 Å². The molecule has 104 valence electrons. The summed E-state index contributed by atoms with van der Waals surface area (Å²) in [5.41, 5.74) is 2.83. The lowest BCUT2D eigenvalue weighted by molar-refractivity contribution is 0.102. The van der Waals surface area contributed by atoms with Gasteiger partial charge in [0.15, 0.2) is 0 Å². The lowest BCUT2D eigenvalue weighted by Crippen LogP contribution is -2.11. The summed E-state index contributed by atoms with van der Waals surface area (Å²) in [6.07, 6.45) is 2.26. The van der Waals surface area contributed by atoms with Gasteiger partial charge in [-0.1, -0.05) is 44.2 Å². The van der Waals surface area contributed by atoms with E-state index in [1.165, 1.54) is 5.56 Å². The van der Waals surface area contributed by atoms with Gasteiger partial charge in [-0.25, -0.2) is 0 Å². The zero-order valence-corrected chi connectivity index (χ0v) is 12.1. The van der Waals surface area contributed by atoms with E-state index in [-0.39, 0.29) is 5.91 Å². The van der Waals surface area contributed by atoms with Crippen molar-refractivity contribution in [3.05, 3.63) is 65.7 Å². The molecule has 2 rings (SSSR count). The molecule has 2 aromatic carbocycles. The molecule has 0 heterocycles. The number of hydrogen-bond acceptors (Lipinski definition) is 1. The van der Waals surface area contributed by atoms with Crippen molar-refractivity contribution in [2.75, 3.05) is 5.32 Å². The van der Waals surface area contributed by atoms with Crippen molar-refractivity contribution in [3.63, 3.8) is 0 Å². The summed E-state index contributed by atoms with van der Waals surface area (Å²) >= 11 is 0. The molecule has 0 aromatic heterocycles. The highest BCUT2D eigenvalue weighted by atomic mass is 16.1. The predicted octanol–water partition coefficient (Wildman–Crippen LogP) is 4.84. The molecule has 0 fully saturated rings. The van der Waals surface area contributed by atoms with Crippen molar-refractivity contribution >= 4 is 11.6 Å². The lowest BCUT2D eigenvalue weighted by atomic mass is 9.93. The van der Waals surface area contributed by atoms with Crippen LogP contribution in [-0.2, 0) is 0 Å². The van der Waals surface area contributed by atoms with Crippen LogP contribution < -0.4 is 5.32 Å². The van der Waals surface area contributed by atoms with E-state index in [1.54, 1.807) is 0 Å². The summed E-state index contributed by atoms with van der Waals surface area (Å²) in [4.78, 5) is 12.1. The first-order valence-electron chi connectivity index (χ1n) is 7.21. The molecule has 0 radical (unpaired) electrons. The van der Waals surface area contributed by atoms with Crippen LogP contribution in [0.15, 0.2) is 54.6 Å². The van der Waals surface area contributed by atoms with Crippen LogP contribution in [-0.4, -0.2) is 5.91 Å². The molecule has 2 aromatic rings. The third kappa shape index (κ3) is 3.47. The number of rotatable bonds is 5. The SMILES string of the molecule is CCC(CC)c1ccc(C(=O)Nc2ccccc2)cc1. The summed E-state index contributed by atoms with van der Waals surface area (Å²) in [6, 6.07) is 17.5. The summed E-state index contributed by atoms with van der Waals surface area (Å²) in [7, 11) is 0. The first kappa shape index (κ1) is 14.3. The average molecular weight is 267 g/mol. The monoisotopic (exact) mass is 267 g/mol. The van der Waals surface area contributed by atoms with E-state index in [1.807, 2.05) is 42.5 Å². The molecule has 0 saturated heterocycles. The Bertz CT molecular complexity index is 541. The summed E-state index contributed by atoms with van der Waals surface area (Å²) in [6.45, 7) is 4.40. The van der Waals surface area contributed by atoms with Gasteiger partial charge in [0.25, 0.3) is 5.91 Å². The second-order valence-electron chi connectivity index (χ2n) is 4.96. The van der Waals surface area contributed by atoms with E-state index in [9.17, 15) is 4.79 Å². The largest absolute Gasteiger partial charge is 0.322 e. The topological polar surface area (TPSA) is 29.1 Å². The highest BCUT2D eigenvalue weighted by Crippen LogP contribution is 2.23. The van der Waals surface area contributed by atoms with Crippen molar-refractivity contribution in [2.24, 2.45) is 0 Å². The van der Waals surface area contributed by atoms with Crippen molar-refractivity contribution in [1.29, 1.82) is 0 Å². The third-order valence-electron chi connectivity index (χ3n) is 3.66. The van der Waals surface area contributed by atoms with Gasteiger partial charge in [-0.15, -0.1) is 0 Å². The van der Waals surface area contributed by atoms with Crippen LogP contribution in [0.3, 0.4) is 0 Å². The van der Waals surface area contributed by atoms with Crippen LogP contribution in [0.5, 0.6) is 0 Å². The van der Waals surface area contributed by atoms with Crippen LogP contribution in [0.25, 0.3) is 0 Å². The summed E-state index contributed by atoms with van der Waals surface area (Å²) in [5, 5.41) is 2.90. The first-order chi connectivity index (χ1) is 9.74. The molecule has 0 aliphatic rings. The normalized spacial score (nSPS) is 10.6. The van der Waals surface area contributed by atoms with Gasteiger partial charge in [0.2, 0.25) is 0 Å². The molecule has 1 N–H and O–H groups in total. The molecular formula is C18H21NO. The van der Waals surface area contributed by atoms with Gasteiger partial charge < -0.3 is 5.32 Å². The maximum Gasteiger partial charge on any atom is 0.255 e. The van der Waals surface area contributed by atoms with Gasteiger partial charge in [0.05, 0.1) is 0 Å². The van der Waals surface area contributed by atoms with E-state index in [4.69, 9.17) is 0 Å². The van der Waals surface area contributed by atoms with Gasteiger partial charge in [0, 0.05) is 11.3 Å². The quantitative estimate of drug-likeness (QED) is 0.825. The minimum Gasteiger partial charge on any atom is -0.322 e. The summed E-state index contributed by atoms with van der Waals surface area (Å²) in [5.74, 6) is 0.522. The number of nitrogens with one attached hydrogen (secondary N) is 1. The van der Waals surface area contributed by atoms with E-state index < -0.39 is 0 Å². The zero-order chi connectivity index (χ0) is 14.4. The van der Waals surface area contributed by atoms with Crippen molar-refractivity contribution in [3.8, 4) is 0 Å². The number of anilines is 1. The van der Waals surface area contributed by atoms with Gasteiger partial charge in [-0.05, 0) is 48.6 Å². The van der Waals surface area contributed by atoms with Crippen LogP contribution in [0.4, 0.5) is 5.69 Å². The Kier molecular flexibility index (Phi) is 4.94. The van der Waals surface area contributed by atoms with Crippen LogP contribution in [0.1, 0.15) is 48.5 Å². The molecule has 0 spiro atoms. The molecule has 0 aliphatic carbocycles. The van der Waals surface area contributed by atoms with E-state index >= 15 is 0 Å². The fourth-order valence-corrected chi connectivity index (χ4v) is 2.39. The van der Waals surface area contributed by atoms with Crippen molar-refractivity contribution in [1.82, 2.24) is 0 Å². The van der Waals surface area contributed by atoms with Gasteiger partial charge in [-0.2, -0.15) is 0 Å². The Balaban J connectivity index is 2.08. The fourth-order valence-electron chi connectivity index (χ4n) is 2.39. The van der Waals surface area contributed by atoms with E-state index in [0.717, 1.165) is 18.5 Å². The number of amides is 1. The van der Waals surface area contributed by atoms with Gasteiger partial charge >= 0.3 is 0 Å². The van der Waals surface area contributed by atoms with E-state index in [0.29, 0.717) is 11.5 Å². The number of carbonyl (C=O) groups is 1. The van der Waals surface area contributed by atoms with Crippen LogP contribution in [0.2, 0.25) is 0 Å². The van der Waals surface area contributed by atoms with E-state index in [2.05, 4.69) is 31.3 Å². The Morgan fingerprint density at radius 2 is 1.55 bits per heavy atom. The smallest absolute Gasteiger partial charge is 0.255 e. The highest BCUT2D eigenvalue weighted by molar-refractivity contribution is 6.04. The number of carbonyl (C=O) groups excluding carboxylic acids is 1. The molecule has 2 nitrogen and oxygen atoms in total. The number of benzene rings is 2. The maximum absolute atomic E-state index is 12.1. The molecule has 0 bridgehead atoms. The minimum absolute atomic E-state index is 0.0627. The van der Waals surface area contributed by atoms with Crippen LogP contribution in [0, 0.1) is 0 Å². The Hall–Kier alpha value is -2.09. The second-order valence-corrected chi connectivity index (χ2v) is 4.96. The minimum atomic E-state index is -0.0627. The zero-order valence-electron chi connectivity index (χ0n) is 12.1. The highest BCUT2D eigenvalue weighted by Gasteiger charge is 2.09. The molecule has 1 amide bonds. The fraction of sp³-hybridized carbons (Fsp3) is 0.278. The van der Waals surface area contributed by atoms with Crippen LogP contribution >= 0.6 is 0 Å². The molecule has 0 unspecified atom stereocenters. The Morgan fingerprint density at radius 1 is 0.950 bits per heavy atom. The predicted molar refractivity (Wildman–Crippen MR) is 84.2 cm³/mol. The first-order valence-corrected chi connectivity index (χ1v) is 7.21. The molecular weight excluding hydrogens is 246 g/mol. The molecule has 0 atom stereocenters. The van der Waals surface area contributed by atoms with Gasteiger partial charge in [-0.3, -0.25) is 4.79 Å². The maximum atomic E-state index is 12.1. The molecule has 20 heavy (non-hydrogen) atoms. The Morgan fingerprint density at radius 3 is 2.10 bits per heavy atom. The molecule has 2 heteroatoms.